The van der Waals surface area contributed by atoms with Crippen LogP contribution in [-0.4, -0.2) is 50.5 Å². The van der Waals surface area contributed by atoms with Gasteiger partial charge in [0, 0.05) is 19.1 Å². The van der Waals surface area contributed by atoms with Crippen molar-refractivity contribution in [3.8, 4) is 0 Å². The Morgan fingerprint density at radius 2 is 2.14 bits per heavy atom. The van der Waals surface area contributed by atoms with Crippen LogP contribution < -0.4 is 5.73 Å². The van der Waals surface area contributed by atoms with E-state index in [1.54, 1.807) is 0 Å². The molecule has 1 aliphatic rings. The Morgan fingerprint density at radius 3 is 2.57 bits per heavy atom. The predicted molar refractivity (Wildman–Crippen MR) is 58.0 cm³/mol. The van der Waals surface area contributed by atoms with Gasteiger partial charge in [0.2, 0.25) is 0 Å². The molecule has 0 saturated carbocycles. The lowest BCUT2D eigenvalue weighted by Gasteiger charge is -2.26. The van der Waals surface area contributed by atoms with E-state index in [2.05, 4.69) is 11.8 Å². The van der Waals surface area contributed by atoms with Crippen molar-refractivity contribution < 1.29 is 8.42 Å². The van der Waals surface area contributed by atoms with E-state index in [-0.39, 0.29) is 6.04 Å². The summed E-state index contributed by atoms with van der Waals surface area (Å²) < 4.78 is 22.6. The quantitative estimate of drug-likeness (QED) is 0.699. The second-order valence-corrected chi connectivity index (χ2v) is 6.11. The molecule has 0 aromatic rings. The zero-order chi connectivity index (χ0) is 10.6. The summed E-state index contributed by atoms with van der Waals surface area (Å²) in [4.78, 5) is 2.21. The van der Waals surface area contributed by atoms with Gasteiger partial charge in [-0.25, -0.2) is 8.42 Å². The Kier molecular flexibility index (Phi) is 4.34. The number of sulfone groups is 1. The van der Waals surface area contributed by atoms with Crippen molar-refractivity contribution >= 4 is 9.84 Å². The molecule has 0 aromatic heterocycles. The van der Waals surface area contributed by atoms with Gasteiger partial charge in [-0.1, -0.05) is 6.92 Å². The molecule has 14 heavy (non-hydrogen) atoms. The van der Waals surface area contributed by atoms with Gasteiger partial charge in [0.15, 0.2) is 9.84 Å². The number of hydrogen-bond donors (Lipinski definition) is 1. The maximum absolute atomic E-state index is 11.3. The summed E-state index contributed by atoms with van der Waals surface area (Å²) >= 11 is 0. The summed E-state index contributed by atoms with van der Waals surface area (Å²) in [5.41, 5.74) is 5.50. The van der Waals surface area contributed by atoms with Crippen molar-refractivity contribution in [2.24, 2.45) is 5.73 Å². The molecule has 1 fully saturated rings. The monoisotopic (exact) mass is 220 g/mol. The molecule has 1 atom stereocenters. The van der Waals surface area contributed by atoms with Crippen molar-refractivity contribution in [3.63, 3.8) is 0 Å². The molecule has 4 nitrogen and oxygen atoms in total. The fraction of sp³-hybridized carbons (Fsp3) is 1.00. The second kappa shape index (κ2) is 5.09. The lowest BCUT2D eigenvalue weighted by atomic mass is 10.2. The molecule has 0 aromatic carbocycles. The third-order valence-electron chi connectivity index (χ3n) is 2.65. The fourth-order valence-electron chi connectivity index (χ4n) is 1.99. The summed E-state index contributed by atoms with van der Waals surface area (Å²) in [6, 6.07) is 0.212. The average molecular weight is 220 g/mol. The highest BCUT2D eigenvalue weighted by molar-refractivity contribution is 7.91. The molecule has 1 heterocycles. The van der Waals surface area contributed by atoms with Gasteiger partial charge in [-0.05, 0) is 19.4 Å². The molecule has 84 valence electrons. The van der Waals surface area contributed by atoms with Crippen molar-refractivity contribution in [2.45, 2.75) is 25.8 Å². The molecule has 1 rings (SSSR count). The average Bonchev–Trinajstić information content (AvgIpc) is 2.46. The second-order valence-electron chi connectivity index (χ2n) is 3.88. The van der Waals surface area contributed by atoms with Crippen LogP contribution in [-0.2, 0) is 9.84 Å². The molecule has 0 amide bonds. The van der Waals surface area contributed by atoms with E-state index in [4.69, 9.17) is 5.73 Å². The molecule has 0 aliphatic carbocycles. The molecule has 0 radical (unpaired) electrons. The van der Waals surface area contributed by atoms with Gasteiger partial charge in [-0.3, -0.25) is 4.90 Å². The molecule has 1 saturated heterocycles. The molecule has 0 bridgehead atoms. The van der Waals surface area contributed by atoms with Crippen molar-refractivity contribution in [1.82, 2.24) is 4.90 Å². The van der Waals surface area contributed by atoms with Crippen LogP contribution in [0.4, 0.5) is 0 Å². The van der Waals surface area contributed by atoms with Gasteiger partial charge in [0.05, 0.1) is 11.5 Å². The van der Waals surface area contributed by atoms with Gasteiger partial charge < -0.3 is 5.73 Å². The summed E-state index contributed by atoms with van der Waals surface area (Å²) in [7, 11) is -2.76. The van der Waals surface area contributed by atoms with Crippen molar-refractivity contribution in [1.29, 1.82) is 0 Å². The van der Waals surface area contributed by atoms with Gasteiger partial charge in [-0.15, -0.1) is 0 Å². The lowest BCUT2D eigenvalue weighted by Crippen LogP contribution is -2.40. The Morgan fingerprint density at radius 1 is 1.43 bits per heavy atom. The van der Waals surface area contributed by atoms with E-state index in [0.29, 0.717) is 18.1 Å². The van der Waals surface area contributed by atoms with Crippen LogP contribution in [0, 0.1) is 0 Å². The van der Waals surface area contributed by atoms with Gasteiger partial charge >= 0.3 is 0 Å². The van der Waals surface area contributed by atoms with Gasteiger partial charge in [-0.2, -0.15) is 0 Å². The minimum absolute atomic E-state index is 0.212. The van der Waals surface area contributed by atoms with Crippen LogP contribution in [0.2, 0.25) is 0 Å². The molecule has 1 unspecified atom stereocenters. The van der Waals surface area contributed by atoms with E-state index in [1.165, 1.54) is 0 Å². The van der Waals surface area contributed by atoms with E-state index in [1.807, 2.05) is 0 Å². The van der Waals surface area contributed by atoms with Crippen LogP contribution in [0.1, 0.15) is 19.8 Å². The van der Waals surface area contributed by atoms with Crippen molar-refractivity contribution in [2.75, 3.05) is 31.1 Å². The number of nitrogens with two attached hydrogens (primary N) is 1. The predicted octanol–water partition coefficient (Wildman–Crippen LogP) is -0.156. The minimum Gasteiger partial charge on any atom is -0.329 e. The largest absolute Gasteiger partial charge is 0.329 e. The highest BCUT2D eigenvalue weighted by atomic mass is 32.2. The molecular formula is C9H20N2O2S. The zero-order valence-corrected chi connectivity index (χ0v) is 9.59. The van der Waals surface area contributed by atoms with E-state index < -0.39 is 9.84 Å². The highest BCUT2D eigenvalue weighted by Crippen LogP contribution is 2.17. The van der Waals surface area contributed by atoms with Crippen LogP contribution in [0.15, 0.2) is 0 Å². The first-order chi connectivity index (χ1) is 6.59. The summed E-state index contributed by atoms with van der Waals surface area (Å²) in [5.74, 6) is 0.676. The first kappa shape index (κ1) is 11.9. The molecule has 5 heteroatoms. The van der Waals surface area contributed by atoms with E-state index in [0.717, 1.165) is 25.9 Å². The van der Waals surface area contributed by atoms with Crippen LogP contribution >= 0.6 is 0 Å². The van der Waals surface area contributed by atoms with Crippen LogP contribution in [0.25, 0.3) is 0 Å². The SMILES string of the molecule is CCCN(CCN)C1CCS(=O)(=O)C1. The van der Waals surface area contributed by atoms with E-state index in [9.17, 15) is 8.42 Å². The van der Waals surface area contributed by atoms with Crippen molar-refractivity contribution in [3.05, 3.63) is 0 Å². The van der Waals surface area contributed by atoms with Gasteiger partial charge in [0.25, 0.3) is 0 Å². The Labute approximate surface area is 86.4 Å². The summed E-state index contributed by atoms with van der Waals surface area (Å²) in [6.45, 7) is 4.48. The first-order valence-electron chi connectivity index (χ1n) is 5.23. The first-order valence-corrected chi connectivity index (χ1v) is 7.05. The smallest absolute Gasteiger partial charge is 0.151 e. The summed E-state index contributed by atoms with van der Waals surface area (Å²) in [6.07, 6.45) is 1.83. The Balaban J connectivity index is 2.52. The minimum atomic E-state index is -2.76. The van der Waals surface area contributed by atoms with Gasteiger partial charge in [0.1, 0.15) is 0 Å². The number of hydrogen-bond acceptors (Lipinski definition) is 4. The third kappa shape index (κ3) is 3.22. The third-order valence-corrected chi connectivity index (χ3v) is 4.40. The van der Waals surface area contributed by atoms with Crippen LogP contribution in [0.3, 0.4) is 0 Å². The fourth-order valence-corrected chi connectivity index (χ4v) is 3.75. The lowest BCUT2D eigenvalue weighted by molar-refractivity contribution is 0.218. The number of nitrogens with zero attached hydrogens (tertiary/aromatic N) is 1. The zero-order valence-electron chi connectivity index (χ0n) is 8.78. The normalized spacial score (nSPS) is 25.8. The Bertz CT molecular complexity index is 258. The molecular weight excluding hydrogens is 200 g/mol. The molecule has 1 aliphatic heterocycles. The summed E-state index contributed by atoms with van der Waals surface area (Å²) in [5, 5.41) is 0. The molecule has 2 N–H and O–H groups in total. The van der Waals surface area contributed by atoms with Crippen LogP contribution in [0.5, 0.6) is 0 Å². The topological polar surface area (TPSA) is 63.4 Å². The number of rotatable bonds is 5. The maximum atomic E-state index is 11.3. The van der Waals surface area contributed by atoms with E-state index >= 15 is 0 Å². The molecule has 0 spiro atoms. The highest BCUT2D eigenvalue weighted by Gasteiger charge is 2.31. The Hall–Kier alpha value is -0.130. The standard InChI is InChI=1S/C9H20N2O2S/c1-2-5-11(6-4-10)9-3-7-14(12,13)8-9/h9H,2-8,10H2,1H3. The maximum Gasteiger partial charge on any atom is 0.151 e.